The SMILES string of the molecule is CCCCn1c(-c2ccccc2)nc(-c2ccc(F)c(F)c2)c1CN(Cc1cccc(OCC)c1)Cc1ccc2c(c1)OCO2. The lowest BCUT2D eigenvalue weighted by Crippen LogP contribution is -2.24. The van der Waals surface area contributed by atoms with Crippen LogP contribution >= 0.6 is 0 Å². The highest BCUT2D eigenvalue weighted by Crippen LogP contribution is 2.35. The molecule has 2 heterocycles. The molecule has 6 rings (SSSR count). The van der Waals surface area contributed by atoms with E-state index in [1.807, 2.05) is 61.5 Å². The van der Waals surface area contributed by atoms with Crippen LogP contribution in [0.15, 0.2) is 91.0 Å². The summed E-state index contributed by atoms with van der Waals surface area (Å²) in [6.07, 6.45) is 1.94. The first-order chi connectivity index (χ1) is 22.0. The minimum atomic E-state index is -0.896. The van der Waals surface area contributed by atoms with Gasteiger partial charge in [-0.15, -0.1) is 0 Å². The van der Waals surface area contributed by atoms with Crippen molar-refractivity contribution in [3.63, 3.8) is 0 Å². The monoisotopic (exact) mass is 609 g/mol. The van der Waals surface area contributed by atoms with Gasteiger partial charge >= 0.3 is 0 Å². The summed E-state index contributed by atoms with van der Waals surface area (Å²) in [5.41, 5.74) is 5.25. The van der Waals surface area contributed by atoms with E-state index in [0.717, 1.165) is 64.8 Å². The van der Waals surface area contributed by atoms with Crippen LogP contribution < -0.4 is 14.2 Å². The van der Waals surface area contributed by atoms with Crippen LogP contribution in [0.5, 0.6) is 17.2 Å². The number of imidazole rings is 1. The van der Waals surface area contributed by atoms with E-state index in [2.05, 4.69) is 34.6 Å². The average Bonchev–Trinajstić information content (AvgIpc) is 3.66. The summed E-state index contributed by atoms with van der Waals surface area (Å²) in [6, 6.07) is 28.2. The van der Waals surface area contributed by atoms with Crippen LogP contribution in [0, 0.1) is 11.6 Å². The predicted octanol–water partition coefficient (Wildman–Crippen LogP) is 8.63. The molecule has 1 aliphatic heterocycles. The molecule has 232 valence electrons. The Morgan fingerprint density at radius 1 is 0.778 bits per heavy atom. The molecule has 0 amide bonds. The van der Waals surface area contributed by atoms with E-state index in [-0.39, 0.29) is 6.79 Å². The number of nitrogens with zero attached hydrogens (tertiary/aromatic N) is 3. The van der Waals surface area contributed by atoms with E-state index < -0.39 is 11.6 Å². The molecule has 1 aromatic heterocycles. The van der Waals surface area contributed by atoms with E-state index in [0.29, 0.717) is 37.5 Å². The van der Waals surface area contributed by atoms with Crippen LogP contribution in [-0.4, -0.2) is 27.9 Å². The van der Waals surface area contributed by atoms with Crippen molar-refractivity contribution in [2.45, 2.75) is 52.9 Å². The normalized spacial score (nSPS) is 12.2. The van der Waals surface area contributed by atoms with E-state index in [4.69, 9.17) is 19.2 Å². The lowest BCUT2D eigenvalue weighted by atomic mass is 10.1. The zero-order chi connectivity index (χ0) is 31.2. The van der Waals surface area contributed by atoms with Gasteiger partial charge < -0.3 is 18.8 Å². The van der Waals surface area contributed by atoms with Crippen LogP contribution in [0.3, 0.4) is 0 Å². The van der Waals surface area contributed by atoms with Crippen molar-refractivity contribution in [3.05, 3.63) is 119 Å². The number of aromatic nitrogens is 2. The molecule has 0 radical (unpaired) electrons. The number of halogens is 2. The number of hydrogen-bond acceptors (Lipinski definition) is 5. The lowest BCUT2D eigenvalue weighted by Gasteiger charge is -2.25. The Hall–Kier alpha value is -4.69. The number of ether oxygens (including phenoxy) is 3. The largest absolute Gasteiger partial charge is 0.494 e. The maximum atomic E-state index is 14.6. The van der Waals surface area contributed by atoms with Crippen molar-refractivity contribution in [2.24, 2.45) is 0 Å². The standard InChI is InChI=1S/C37H37F2N3O3/c1-3-5-18-42-33(36(29-15-16-31(38)32(39)21-29)40-37(42)28-11-7-6-8-12-28)24-41(22-26-10-9-13-30(19-26)43-4-2)23-27-14-17-34-35(20-27)45-25-44-34/h6-17,19-21H,3-5,18,22-25H2,1-2H3. The van der Waals surface area contributed by atoms with Gasteiger partial charge in [-0.1, -0.05) is 61.9 Å². The van der Waals surface area contributed by atoms with Crippen LogP contribution in [0.4, 0.5) is 8.78 Å². The molecule has 0 saturated heterocycles. The van der Waals surface area contributed by atoms with Crippen LogP contribution in [0.1, 0.15) is 43.5 Å². The topological polar surface area (TPSA) is 48.8 Å². The summed E-state index contributed by atoms with van der Waals surface area (Å²) < 4.78 is 48.0. The first-order valence-electron chi connectivity index (χ1n) is 15.4. The van der Waals surface area contributed by atoms with Crippen molar-refractivity contribution in [3.8, 4) is 39.9 Å². The minimum absolute atomic E-state index is 0.211. The first-order valence-corrected chi connectivity index (χ1v) is 15.4. The second kappa shape index (κ2) is 13.9. The van der Waals surface area contributed by atoms with Gasteiger partial charge in [-0.2, -0.15) is 0 Å². The summed E-state index contributed by atoms with van der Waals surface area (Å²) in [4.78, 5) is 7.45. The molecule has 6 nitrogen and oxygen atoms in total. The van der Waals surface area contributed by atoms with Crippen molar-refractivity contribution < 1.29 is 23.0 Å². The van der Waals surface area contributed by atoms with Gasteiger partial charge in [-0.25, -0.2) is 13.8 Å². The Labute approximate surface area is 262 Å². The summed E-state index contributed by atoms with van der Waals surface area (Å²) >= 11 is 0. The highest BCUT2D eigenvalue weighted by Gasteiger charge is 2.24. The summed E-state index contributed by atoms with van der Waals surface area (Å²) in [7, 11) is 0. The molecule has 0 spiro atoms. The Balaban J connectivity index is 1.46. The third kappa shape index (κ3) is 7.02. The highest BCUT2D eigenvalue weighted by atomic mass is 19.2. The van der Waals surface area contributed by atoms with Gasteiger partial charge in [0.2, 0.25) is 6.79 Å². The van der Waals surface area contributed by atoms with Gasteiger partial charge in [-0.3, -0.25) is 4.90 Å². The maximum Gasteiger partial charge on any atom is 0.231 e. The Kier molecular flexibility index (Phi) is 9.41. The van der Waals surface area contributed by atoms with Crippen molar-refractivity contribution in [1.29, 1.82) is 0 Å². The zero-order valence-electron chi connectivity index (χ0n) is 25.6. The number of unbranched alkanes of at least 4 members (excludes halogenated alkanes) is 1. The van der Waals surface area contributed by atoms with Crippen LogP contribution in [-0.2, 0) is 26.2 Å². The van der Waals surface area contributed by atoms with Gasteiger partial charge in [0.05, 0.1) is 18.0 Å². The van der Waals surface area contributed by atoms with Crippen LogP contribution in [0.2, 0.25) is 0 Å². The van der Waals surface area contributed by atoms with Gasteiger partial charge in [-0.05, 0) is 66.9 Å². The Morgan fingerprint density at radius 2 is 1.58 bits per heavy atom. The number of rotatable bonds is 13. The Morgan fingerprint density at radius 3 is 2.36 bits per heavy atom. The molecular weight excluding hydrogens is 572 g/mol. The molecule has 0 bridgehead atoms. The molecule has 4 aromatic carbocycles. The second-order valence-corrected chi connectivity index (χ2v) is 11.1. The number of hydrogen-bond donors (Lipinski definition) is 0. The highest BCUT2D eigenvalue weighted by molar-refractivity contribution is 5.68. The summed E-state index contributed by atoms with van der Waals surface area (Å²) in [6.45, 7) is 7.39. The van der Waals surface area contributed by atoms with E-state index in [9.17, 15) is 8.78 Å². The predicted molar refractivity (Wildman–Crippen MR) is 171 cm³/mol. The molecular formula is C37H37F2N3O3. The fourth-order valence-electron chi connectivity index (χ4n) is 5.72. The van der Waals surface area contributed by atoms with Crippen molar-refractivity contribution >= 4 is 0 Å². The lowest BCUT2D eigenvalue weighted by molar-refractivity contribution is 0.174. The molecule has 5 aromatic rings. The molecule has 0 atom stereocenters. The molecule has 0 N–H and O–H groups in total. The van der Waals surface area contributed by atoms with E-state index in [1.165, 1.54) is 12.1 Å². The fraction of sp³-hybridized carbons (Fsp3) is 0.270. The minimum Gasteiger partial charge on any atom is -0.494 e. The quantitative estimate of drug-likeness (QED) is 0.134. The maximum absolute atomic E-state index is 14.6. The van der Waals surface area contributed by atoms with Crippen LogP contribution in [0.25, 0.3) is 22.6 Å². The number of benzene rings is 4. The smallest absolute Gasteiger partial charge is 0.231 e. The fourth-order valence-corrected chi connectivity index (χ4v) is 5.72. The van der Waals surface area contributed by atoms with Crippen molar-refractivity contribution in [2.75, 3.05) is 13.4 Å². The molecule has 45 heavy (non-hydrogen) atoms. The van der Waals surface area contributed by atoms with Crippen molar-refractivity contribution in [1.82, 2.24) is 14.5 Å². The van der Waals surface area contributed by atoms with E-state index in [1.54, 1.807) is 6.07 Å². The third-order valence-electron chi connectivity index (χ3n) is 7.87. The Bertz CT molecular complexity index is 1760. The molecule has 0 saturated carbocycles. The third-order valence-corrected chi connectivity index (χ3v) is 7.87. The summed E-state index contributed by atoms with van der Waals surface area (Å²) in [5, 5.41) is 0. The second-order valence-electron chi connectivity index (χ2n) is 11.1. The molecule has 0 fully saturated rings. The molecule has 0 aliphatic carbocycles. The zero-order valence-corrected chi connectivity index (χ0v) is 25.6. The summed E-state index contributed by atoms with van der Waals surface area (Å²) in [5.74, 6) is 1.31. The van der Waals surface area contributed by atoms with E-state index >= 15 is 0 Å². The molecule has 0 unspecified atom stereocenters. The number of fused-ring (bicyclic) bond motifs is 1. The van der Waals surface area contributed by atoms with Gasteiger partial charge in [0.25, 0.3) is 0 Å². The van der Waals surface area contributed by atoms with Gasteiger partial charge in [0.1, 0.15) is 11.6 Å². The molecule has 8 heteroatoms. The molecule has 1 aliphatic rings. The first kappa shape index (κ1) is 30.3. The van der Waals surface area contributed by atoms with Gasteiger partial charge in [0, 0.05) is 37.3 Å². The van der Waals surface area contributed by atoms with Gasteiger partial charge in [0.15, 0.2) is 23.1 Å². The average molecular weight is 610 g/mol.